The standard InChI is InChI=1S/C28H30ClN3O2/c1-18(21-12-14-22(29)15-13-21)16-17-30-20(3)27(33)31-32-26-11-7-6-10-25(26)24-9-5-4-8-23(24)19(2)28(32)34/h4-15,18-20,30H,16-17H2,1-3H3,(H,31,33)/t18?,19?,20-/m0/s1. The first-order chi connectivity index (χ1) is 16.4. The number of benzene rings is 3. The maximum absolute atomic E-state index is 13.4. The Bertz CT molecular complexity index is 1180. The van der Waals surface area contributed by atoms with Crippen molar-refractivity contribution in [3.8, 4) is 11.1 Å². The van der Waals surface area contributed by atoms with Gasteiger partial charge in [0.15, 0.2) is 0 Å². The molecule has 2 N–H and O–H groups in total. The highest BCUT2D eigenvalue weighted by molar-refractivity contribution is 6.30. The number of para-hydroxylation sites is 1. The molecule has 0 spiro atoms. The first-order valence-electron chi connectivity index (χ1n) is 11.7. The molecule has 0 aliphatic carbocycles. The van der Waals surface area contributed by atoms with Crippen molar-refractivity contribution < 1.29 is 9.59 Å². The van der Waals surface area contributed by atoms with Gasteiger partial charge in [0.25, 0.3) is 11.8 Å². The Morgan fingerprint density at radius 1 is 0.971 bits per heavy atom. The quantitative estimate of drug-likeness (QED) is 0.463. The lowest BCUT2D eigenvalue weighted by atomic mass is 9.92. The molecular weight excluding hydrogens is 446 g/mol. The number of fused-ring (bicyclic) bond motifs is 3. The minimum Gasteiger partial charge on any atom is -0.306 e. The predicted molar refractivity (Wildman–Crippen MR) is 138 cm³/mol. The third-order valence-electron chi connectivity index (χ3n) is 6.54. The molecule has 5 nitrogen and oxygen atoms in total. The lowest BCUT2D eigenvalue weighted by Gasteiger charge is -2.27. The van der Waals surface area contributed by atoms with E-state index in [1.54, 1.807) is 0 Å². The molecule has 3 aromatic rings. The first-order valence-corrected chi connectivity index (χ1v) is 12.1. The topological polar surface area (TPSA) is 61.4 Å². The minimum absolute atomic E-state index is 0.158. The van der Waals surface area contributed by atoms with E-state index in [4.69, 9.17) is 11.6 Å². The van der Waals surface area contributed by atoms with E-state index >= 15 is 0 Å². The zero-order valence-electron chi connectivity index (χ0n) is 19.7. The van der Waals surface area contributed by atoms with E-state index in [1.807, 2.05) is 86.6 Å². The predicted octanol–water partition coefficient (Wildman–Crippen LogP) is 5.66. The van der Waals surface area contributed by atoms with E-state index in [1.165, 1.54) is 10.6 Å². The van der Waals surface area contributed by atoms with Crippen molar-refractivity contribution in [2.75, 3.05) is 11.6 Å². The number of carbonyl (C=O) groups is 2. The van der Waals surface area contributed by atoms with Crippen molar-refractivity contribution in [3.63, 3.8) is 0 Å². The molecule has 1 aliphatic rings. The maximum atomic E-state index is 13.4. The number of anilines is 1. The van der Waals surface area contributed by atoms with Crippen LogP contribution in [0.2, 0.25) is 5.02 Å². The number of amides is 2. The summed E-state index contributed by atoms with van der Waals surface area (Å²) in [4.78, 5) is 26.5. The average Bonchev–Trinajstić information content (AvgIpc) is 2.94. The molecule has 176 valence electrons. The Labute approximate surface area is 206 Å². The minimum atomic E-state index is -0.460. The van der Waals surface area contributed by atoms with Crippen LogP contribution in [0.4, 0.5) is 5.69 Å². The number of carbonyl (C=O) groups excluding carboxylic acids is 2. The molecule has 0 aromatic heterocycles. The molecule has 2 amide bonds. The van der Waals surface area contributed by atoms with Gasteiger partial charge in [-0.2, -0.15) is 0 Å². The van der Waals surface area contributed by atoms with Crippen molar-refractivity contribution in [3.05, 3.63) is 88.9 Å². The van der Waals surface area contributed by atoms with E-state index < -0.39 is 6.04 Å². The van der Waals surface area contributed by atoms with E-state index in [0.29, 0.717) is 18.2 Å². The summed E-state index contributed by atoms with van der Waals surface area (Å²) in [5.74, 6) is -0.458. The second-order valence-electron chi connectivity index (χ2n) is 8.89. The number of hydrazine groups is 1. The van der Waals surface area contributed by atoms with Crippen LogP contribution in [0, 0.1) is 0 Å². The van der Waals surface area contributed by atoms with E-state index in [9.17, 15) is 9.59 Å². The fourth-order valence-corrected chi connectivity index (χ4v) is 4.48. The normalized spacial score (nSPS) is 16.8. The van der Waals surface area contributed by atoms with Gasteiger partial charge in [-0.05, 0) is 67.6 Å². The van der Waals surface area contributed by atoms with Crippen LogP contribution < -0.4 is 15.8 Å². The highest BCUT2D eigenvalue weighted by atomic mass is 35.5. The van der Waals surface area contributed by atoms with Crippen molar-refractivity contribution >= 4 is 29.1 Å². The summed E-state index contributed by atoms with van der Waals surface area (Å²) in [5.41, 5.74) is 7.66. The van der Waals surface area contributed by atoms with Gasteiger partial charge >= 0.3 is 0 Å². The molecular formula is C28H30ClN3O2. The Kier molecular flexibility index (Phi) is 7.35. The summed E-state index contributed by atoms with van der Waals surface area (Å²) in [5, 5.41) is 5.43. The fraction of sp³-hybridized carbons (Fsp3) is 0.286. The summed E-state index contributed by atoms with van der Waals surface area (Å²) < 4.78 is 0. The van der Waals surface area contributed by atoms with Gasteiger partial charge in [-0.1, -0.05) is 73.1 Å². The summed E-state index contributed by atoms with van der Waals surface area (Å²) in [6.07, 6.45) is 0.872. The zero-order valence-corrected chi connectivity index (χ0v) is 20.5. The molecule has 0 bridgehead atoms. The zero-order chi connectivity index (χ0) is 24.2. The van der Waals surface area contributed by atoms with Gasteiger partial charge in [0.1, 0.15) is 0 Å². The average molecular weight is 476 g/mol. The summed E-state index contributed by atoms with van der Waals surface area (Å²) >= 11 is 5.98. The van der Waals surface area contributed by atoms with Crippen molar-refractivity contribution in [2.24, 2.45) is 0 Å². The molecule has 4 rings (SSSR count). The number of rotatable bonds is 7. The maximum Gasteiger partial charge on any atom is 0.255 e. The Morgan fingerprint density at radius 3 is 2.35 bits per heavy atom. The van der Waals surface area contributed by atoms with Crippen molar-refractivity contribution in [1.82, 2.24) is 10.7 Å². The lowest BCUT2D eigenvalue weighted by Crippen LogP contribution is -2.53. The summed E-state index contributed by atoms with van der Waals surface area (Å²) in [7, 11) is 0. The van der Waals surface area contributed by atoms with Crippen molar-refractivity contribution in [1.29, 1.82) is 0 Å². The third kappa shape index (κ3) is 5.01. The van der Waals surface area contributed by atoms with Gasteiger partial charge in [-0.15, -0.1) is 0 Å². The largest absolute Gasteiger partial charge is 0.306 e. The van der Waals surface area contributed by atoms with Gasteiger partial charge in [-0.25, -0.2) is 5.01 Å². The summed E-state index contributed by atoms with van der Waals surface area (Å²) in [6, 6.07) is 23.0. The summed E-state index contributed by atoms with van der Waals surface area (Å²) in [6.45, 7) is 6.52. The van der Waals surface area contributed by atoms with Crippen LogP contribution in [-0.4, -0.2) is 24.4 Å². The van der Waals surface area contributed by atoms with Crippen LogP contribution in [-0.2, 0) is 9.59 Å². The first kappa shape index (κ1) is 24.0. The lowest BCUT2D eigenvalue weighted by molar-refractivity contribution is -0.127. The highest BCUT2D eigenvalue weighted by Gasteiger charge is 2.32. The molecule has 3 atom stereocenters. The molecule has 1 heterocycles. The van der Waals surface area contributed by atoms with Gasteiger partial charge in [0, 0.05) is 10.6 Å². The molecule has 1 aliphatic heterocycles. The molecule has 6 heteroatoms. The molecule has 0 fully saturated rings. The second-order valence-corrected chi connectivity index (χ2v) is 9.33. The Balaban J connectivity index is 1.44. The van der Waals surface area contributed by atoms with Crippen LogP contribution in [0.1, 0.15) is 50.2 Å². The van der Waals surface area contributed by atoms with E-state index in [2.05, 4.69) is 17.7 Å². The third-order valence-corrected chi connectivity index (χ3v) is 6.79. The van der Waals surface area contributed by atoms with Gasteiger partial charge in [0.2, 0.25) is 0 Å². The molecule has 3 aromatic carbocycles. The fourth-order valence-electron chi connectivity index (χ4n) is 4.35. The van der Waals surface area contributed by atoms with Gasteiger partial charge < -0.3 is 5.32 Å². The van der Waals surface area contributed by atoms with E-state index in [0.717, 1.165) is 28.1 Å². The Morgan fingerprint density at radius 2 is 1.62 bits per heavy atom. The number of nitrogens with zero attached hydrogens (tertiary/aromatic N) is 1. The van der Waals surface area contributed by atoms with Crippen molar-refractivity contribution in [2.45, 2.75) is 45.1 Å². The molecule has 34 heavy (non-hydrogen) atoms. The van der Waals surface area contributed by atoms with Crippen LogP contribution in [0.3, 0.4) is 0 Å². The van der Waals surface area contributed by atoms with Crippen LogP contribution in [0.15, 0.2) is 72.8 Å². The number of halogens is 1. The molecule has 2 unspecified atom stereocenters. The van der Waals surface area contributed by atoms with E-state index in [-0.39, 0.29) is 17.7 Å². The van der Waals surface area contributed by atoms with Gasteiger partial charge in [0.05, 0.1) is 17.6 Å². The van der Waals surface area contributed by atoms with Crippen LogP contribution in [0.25, 0.3) is 11.1 Å². The monoisotopic (exact) mass is 475 g/mol. The molecule has 0 saturated carbocycles. The Hall–Kier alpha value is -3.15. The second kappa shape index (κ2) is 10.4. The number of hydrogen-bond acceptors (Lipinski definition) is 3. The highest BCUT2D eigenvalue weighted by Crippen LogP contribution is 2.39. The van der Waals surface area contributed by atoms with Crippen LogP contribution in [0.5, 0.6) is 0 Å². The smallest absolute Gasteiger partial charge is 0.255 e. The van der Waals surface area contributed by atoms with Gasteiger partial charge in [-0.3, -0.25) is 15.0 Å². The number of nitrogens with one attached hydrogen (secondary N) is 2. The SMILES string of the molecule is CC(CCN[C@@H](C)C(=O)NN1C(=O)C(C)c2ccccc2-c2ccccc21)c1ccc(Cl)cc1. The van der Waals surface area contributed by atoms with Crippen LogP contribution >= 0.6 is 11.6 Å². The molecule has 0 saturated heterocycles. The molecule has 0 radical (unpaired) electrons. The number of hydrogen-bond donors (Lipinski definition) is 2.